The number of rotatable bonds is 9. The number of nitrogens with one attached hydrogen (secondary N) is 3. The minimum Gasteiger partial charge on any atom is -0.445 e. The number of carbonyl (C=O) groups is 4. The van der Waals surface area contributed by atoms with Crippen molar-refractivity contribution in [1.82, 2.24) is 30.0 Å². The molecule has 8 rings (SSSR count). The molecule has 6 aromatic rings. The number of alkyl halides is 1. The van der Waals surface area contributed by atoms with Crippen molar-refractivity contribution in [3.63, 3.8) is 0 Å². The van der Waals surface area contributed by atoms with E-state index in [1.165, 1.54) is 6.07 Å². The van der Waals surface area contributed by atoms with Gasteiger partial charge in [-0.05, 0) is 71.8 Å². The number of oxazole rings is 2. The monoisotopic (exact) mass is 894 g/mol. The van der Waals surface area contributed by atoms with E-state index in [-0.39, 0.29) is 42.8 Å². The van der Waals surface area contributed by atoms with Gasteiger partial charge in [0.25, 0.3) is 0 Å². The van der Waals surface area contributed by atoms with Gasteiger partial charge in [-0.15, -0.1) is 11.6 Å². The van der Waals surface area contributed by atoms with Crippen LogP contribution in [-0.2, 0) is 22.7 Å². The highest BCUT2D eigenvalue weighted by Crippen LogP contribution is 2.16. The average molecular weight is 896 g/mol. The Labute approximate surface area is 363 Å². The lowest BCUT2D eigenvalue weighted by molar-refractivity contribution is 0.0678. The highest BCUT2D eigenvalue weighted by atomic mass is 35.5. The molecule has 0 bridgehead atoms. The number of amides is 2. The summed E-state index contributed by atoms with van der Waals surface area (Å²) in [4.78, 5) is 80.2. The van der Waals surface area contributed by atoms with Crippen LogP contribution in [0.3, 0.4) is 0 Å². The van der Waals surface area contributed by atoms with E-state index in [0.29, 0.717) is 89.2 Å². The van der Waals surface area contributed by atoms with E-state index in [9.17, 15) is 28.8 Å². The standard InChI is InChI=1S/C21H20ClN3O5.C12H15ClN2O2.C9H6ClNO3/c22-16-4-1-14(2-5-16)13-29-21(28)25-9-7-24(8-10-25)12-18(26)15-3-6-17-19(11-15)30-20(27)23-17;13-11-3-1-10(2-4-11)9-17-12(16)15-7-5-14-6-8-15;10-4-7(12)5-1-2-6-8(3-5)14-9(13)11-6/h1-6,11H,7-10,12-13H2,(H,23,27);1-4,14H,5-9H2;1-3H,4H2,(H,11,13). The third-order valence-corrected chi connectivity index (χ3v) is 10.3. The molecule has 320 valence electrons. The van der Waals surface area contributed by atoms with Crippen LogP contribution in [0, 0.1) is 0 Å². The first-order valence-corrected chi connectivity index (χ1v) is 20.4. The number of hydrogen-bond donors (Lipinski definition) is 3. The summed E-state index contributed by atoms with van der Waals surface area (Å²) >= 11 is 17.0. The fourth-order valence-corrected chi connectivity index (χ4v) is 6.59. The van der Waals surface area contributed by atoms with E-state index < -0.39 is 11.5 Å². The molecular formula is C42H41Cl3N6O10. The molecule has 19 heteroatoms. The minimum absolute atomic E-state index is 0.0699. The zero-order valence-electron chi connectivity index (χ0n) is 32.6. The molecule has 2 aliphatic heterocycles. The van der Waals surface area contributed by atoms with Crippen LogP contribution in [0.1, 0.15) is 31.8 Å². The van der Waals surface area contributed by atoms with Gasteiger partial charge in [-0.2, -0.15) is 0 Å². The number of piperazine rings is 2. The zero-order valence-corrected chi connectivity index (χ0v) is 34.9. The molecule has 3 N–H and O–H groups in total. The Hall–Kier alpha value is -5.91. The van der Waals surface area contributed by atoms with Crippen molar-refractivity contribution < 1.29 is 37.5 Å². The van der Waals surface area contributed by atoms with Crippen LogP contribution in [0.2, 0.25) is 10.0 Å². The van der Waals surface area contributed by atoms with Crippen LogP contribution < -0.4 is 16.8 Å². The smallest absolute Gasteiger partial charge is 0.417 e. The Morgan fingerprint density at radius 3 is 1.49 bits per heavy atom. The number of aromatic nitrogens is 2. The number of aromatic amines is 2. The number of H-pyrrole nitrogens is 2. The molecule has 4 heterocycles. The lowest BCUT2D eigenvalue weighted by atomic mass is 10.1. The van der Waals surface area contributed by atoms with Crippen molar-refractivity contribution in [2.45, 2.75) is 13.2 Å². The van der Waals surface area contributed by atoms with Gasteiger partial charge in [0, 0.05) is 73.5 Å². The van der Waals surface area contributed by atoms with E-state index in [2.05, 4.69) is 15.3 Å². The molecule has 0 radical (unpaired) electrons. The van der Waals surface area contributed by atoms with Gasteiger partial charge >= 0.3 is 23.7 Å². The molecule has 16 nitrogen and oxygen atoms in total. The maximum atomic E-state index is 12.6. The van der Waals surface area contributed by atoms with E-state index in [0.717, 1.165) is 24.2 Å². The molecule has 2 aliphatic rings. The van der Waals surface area contributed by atoms with Gasteiger partial charge in [0.2, 0.25) is 0 Å². The molecule has 0 saturated carbocycles. The van der Waals surface area contributed by atoms with Gasteiger partial charge in [-0.3, -0.25) is 24.5 Å². The van der Waals surface area contributed by atoms with Crippen molar-refractivity contribution >= 4 is 80.8 Å². The molecular weight excluding hydrogens is 855 g/mol. The number of benzene rings is 4. The van der Waals surface area contributed by atoms with Crippen molar-refractivity contribution in [1.29, 1.82) is 0 Å². The van der Waals surface area contributed by atoms with Gasteiger partial charge in [0.05, 0.1) is 23.5 Å². The van der Waals surface area contributed by atoms with E-state index in [1.54, 1.807) is 64.4 Å². The summed E-state index contributed by atoms with van der Waals surface area (Å²) < 4.78 is 20.4. The summed E-state index contributed by atoms with van der Waals surface area (Å²) in [5.41, 5.74) is 4.59. The minimum atomic E-state index is -0.548. The number of halogens is 3. The second-order valence-electron chi connectivity index (χ2n) is 13.8. The van der Waals surface area contributed by atoms with Crippen molar-refractivity contribution in [3.05, 3.63) is 138 Å². The van der Waals surface area contributed by atoms with Crippen LogP contribution >= 0.6 is 34.8 Å². The quantitative estimate of drug-likeness (QED) is 0.108. The lowest BCUT2D eigenvalue weighted by Gasteiger charge is -2.33. The van der Waals surface area contributed by atoms with Gasteiger partial charge in [-0.25, -0.2) is 19.2 Å². The number of nitrogens with zero attached hydrogens (tertiary/aromatic N) is 3. The van der Waals surface area contributed by atoms with Gasteiger partial charge < -0.3 is 33.4 Å². The molecule has 2 saturated heterocycles. The Bertz CT molecular complexity index is 2560. The fourth-order valence-electron chi connectivity index (χ4n) is 6.18. The summed E-state index contributed by atoms with van der Waals surface area (Å²) in [6.07, 6.45) is -0.620. The second kappa shape index (κ2) is 21.6. The summed E-state index contributed by atoms with van der Waals surface area (Å²) in [5.74, 6) is -1.43. The Morgan fingerprint density at radius 1 is 0.590 bits per heavy atom. The first-order chi connectivity index (χ1) is 29.4. The van der Waals surface area contributed by atoms with Crippen molar-refractivity contribution in [3.8, 4) is 0 Å². The van der Waals surface area contributed by atoms with Crippen LogP contribution in [-0.4, -0.2) is 113 Å². The highest BCUT2D eigenvalue weighted by Gasteiger charge is 2.24. The summed E-state index contributed by atoms with van der Waals surface area (Å²) in [5, 5.41) is 4.50. The first kappa shape index (κ1) is 44.6. The summed E-state index contributed by atoms with van der Waals surface area (Å²) in [7, 11) is 0. The number of carbonyl (C=O) groups excluding carboxylic acids is 4. The van der Waals surface area contributed by atoms with Crippen molar-refractivity contribution in [2.75, 3.05) is 64.8 Å². The third-order valence-electron chi connectivity index (χ3n) is 9.53. The number of Topliss-reactive ketones (excluding diaryl/α,β-unsaturated/α-hetero) is 2. The topological polar surface area (TPSA) is 200 Å². The van der Waals surface area contributed by atoms with Crippen LogP contribution in [0.15, 0.2) is 103 Å². The lowest BCUT2D eigenvalue weighted by Crippen LogP contribution is -2.50. The van der Waals surface area contributed by atoms with Crippen LogP contribution in [0.4, 0.5) is 9.59 Å². The fraction of sp³-hybridized carbons (Fsp3) is 0.286. The highest BCUT2D eigenvalue weighted by molar-refractivity contribution is 6.31. The largest absolute Gasteiger partial charge is 0.445 e. The maximum Gasteiger partial charge on any atom is 0.417 e. The molecule has 0 spiro atoms. The Kier molecular flexibility index (Phi) is 15.8. The molecule has 4 aromatic carbocycles. The first-order valence-electron chi connectivity index (χ1n) is 19.1. The second-order valence-corrected chi connectivity index (χ2v) is 14.9. The predicted molar refractivity (Wildman–Crippen MR) is 229 cm³/mol. The van der Waals surface area contributed by atoms with Crippen LogP contribution in [0.5, 0.6) is 0 Å². The summed E-state index contributed by atoms with van der Waals surface area (Å²) in [6.45, 7) is 5.90. The maximum absolute atomic E-state index is 12.6. The van der Waals surface area contributed by atoms with E-state index >= 15 is 0 Å². The average Bonchev–Trinajstić information content (AvgIpc) is 3.86. The van der Waals surface area contributed by atoms with Crippen molar-refractivity contribution in [2.24, 2.45) is 0 Å². The molecule has 0 aliphatic carbocycles. The van der Waals surface area contributed by atoms with E-state index in [4.69, 9.17) is 53.1 Å². The normalized spacial score (nSPS) is 14.1. The molecule has 2 amide bonds. The van der Waals surface area contributed by atoms with Gasteiger partial charge in [0.1, 0.15) is 13.2 Å². The summed E-state index contributed by atoms with van der Waals surface area (Å²) in [6, 6.07) is 24.0. The number of ketones is 2. The molecule has 0 atom stereocenters. The number of ether oxygens (including phenoxy) is 2. The third kappa shape index (κ3) is 13.0. The van der Waals surface area contributed by atoms with E-state index in [1.807, 2.05) is 29.2 Å². The number of hydrogen-bond acceptors (Lipinski definition) is 12. The zero-order chi connectivity index (χ0) is 43.3. The Balaban J connectivity index is 0.000000169. The number of fused-ring (bicyclic) bond motifs is 2. The van der Waals surface area contributed by atoms with Gasteiger partial charge in [-0.1, -0.05) is 47.5 Å². The predicted octanol–water partition coefficient (Wildman–Crippen LogP) is 6.34. The van der Waals surface area contributed by atoms with Crippen LogP contribution in [0.25, 0.3) is 22.2 Å². The van der Waals surface area contributed by atoms with Gasteiger partial charge in [0.15, 0.2) is 22.7 Å². The Morgan fingerprint density at radius 2 is 1.03 bits per heavy atom. The molecule has 61 heavy (non-hydrogen) atoms. The molecule has 0 unspecified atom stereocenters. The SMILES string of the molecule is O=C(CCl)c1ccc2[nH]c(=O)oc2c1.O=C(CN1CCN(C(=O)OCc2ccc(Cl)cc2)CC1)c1ccc2[nH]c(=O)oc2c1.O=C(OCc1ccc(Cl)cc1)N1CCNCC1. The molecule has 2 fully saturated rings. The molecule has 2 aromatic heterocycles.